The summed E-state index contributed by atoms with van der Waals surface area (Å²) in [7, 11) is 0. The fraction of sp³-hybridized carbons (Fsp3) is 0.333. The Morgan fingerprint density at radius 1 is 1.26 bits per heavy atom. The van der Waals surface area contributed by atoms with Crippen LogP contribution in [0.25, 0.3) is 0 Å². The molecular formula is C12H15ClN2O4. The van der Waals surface area contributed by atoms with Crippen molar-refractivity contribution < 1.29 is 19.8 Å². The molecule has 1 rings (SSSR count). The largest absolute Gasteiger partial charge is 0.480 e. The van der Waals surface area contributed by atoms with Gasteiger partial charge >= 0.3 is 12.0 Å². The van der Waals surface area contributed by atoms with Crippen LogP contribution in [-0.2, 0) is 11.2 Å². The number of carbonyl (C=O) groups is 2. The van der Waals surface area contributed by atoms with Crippen molar-refractivity contribution >= 4 is 23.6 Å². The molecule has 0 unspecified atom stereocenters. The molecule has 2 amide bonds. The summed E-state index contributed by atoms with van der Waals surface area (Å²) in [5.74, 6) is -1.28. The third-order valence-corrected chi connectivity index (χ3v) is 2.65. The predicted molar refractivity (Wildman–Crippen MR) is 70.2 cm³/mol. The molecule has 1 aromatic rings. The molecule has 0 saturated carbocycles. The molecule has 0 aliphatic rings. The topological polar surface area (TPSA) is 98.7 Å². The molecule has 4 N–H and O–H groups in total. The Hall–Kier alpha value is -1.79. The second-order valence-electron chi connectivity index (χ2n) is 3.85. The van der Waals surface area contributed by atoms with E-state index >= 15 is 0 Å². The number of nitrogens with one attached hydrogen (secondary N) is 2. The maximum atomic E-state index is 11.3. The third kappa shape index (κ3) is 5.58. The van der Waals surface area contributed by atoms with Crippen molar-refractivity contribution in [2.45, 2.75) is 12.5 Å². The summed E-state index contributed by atoms with van der Waals surface area (Å²) < 4.78 is 0. The zero-order chi connectivity index (χ0) is 14.3. The van der Waals surface area contributed by atoms with Crippen LogP contribution in [0.15, 0.2) is 24.3 Å². The lowest BCUT2D eigenvalue weighted by Crippen LogP contribution is -2.48. The van der Waals surface area contributed by atoms with Gasteiger partial charge in [-0.3, -0.25) is 0 Å². The van der Waals surface area contributed by atoms with Gasteiger partial charge in [-0.25, -0.2) is 9.59 Å². The number of carboxylic acid groups (broad SMARTS) is 1. The zero-order valence-corrected chi connectivity index (χ0v) is 10.9. The SMILES string of the molecule is O=C(NCCc1ccc(Cl)cc1)N[C@@H](CO)C(=O)O. The molecule has 0 saturated heterocycles. The van der Waals surface area contributed by atoms with Crippen LogP contribution in [0, 0.1) is 0 Å². The van der Waals surface area contributed by atoms with Crippen molar-refractivity contribution in [2.75, 3.05) is 13.2 Å². The van der Waals surface area contributed by atoms with Crippen molar-refractivity contribution in [3.63, 3.8) is 0 Å². The normalized spacial score (nSPS) is 11.7. The molecule has 0 heterocycles. The van der Waals surface area contributed by atoms with Gasteiger partial charge in [0.25, 0.3) is 0 Å². The van der Waals surface area contributed by atoms with Gasteiger partial charge in [-0.15, -0.1) is 0 Å². The van der Waals surface area contributed by atoms with Gasteiger partial charge in [-0.2, -0.15) is 0 Å². The molecule has 19 heavy (non-hydrogen) atoms. The summed E-state index contributed by atoms with van der Waals surface area (Å²) in [6, 6.07) is 5.27. The predicted octanol–water partition coefficient (Wildman–Crippen LogP) is 0.627. The fourth-order valence-electron chi connectivity index (χ4n) is 1.37. The molecule has 0 aromatic heterocycles. The van der Waals surface area contributed by atoms with Crippen LogP contribution >= 0.6 is 11.6 Å². The van der Waals surface area contributed by atoms with Crippen LogP contribution in [0.2, 0.25) is 5.02 Å². The monoisotopic (exact) mass is 286 g/mol. The first-order chi connectivity index (χ1) is 9.02. The second kappa shape index (κ2) is 7.60. The van der Waals surface area contributed by atoms with Crippen LogP contribution in [0.1, 0.15) is 5.56 Å². The minimum atomic E-state index is -1.30. The summed E-state index contributed by atoms with van der Waals surface area (Å²) >= 11 is 5.74. The van der Waals surface area contributed by atoms with E-state index in [1.807, 2.05) is 12.1 Å². The average molecular weight is 287 g/mol. The minimum absolute atomic E-state index is 0.352. The molecule has 7 heteroatoms. The third-order valence-electron chi connectivity index (χ3n) is 2.40. The number of carboxylic acids is 1. The number of benzene rings is 1. The molecule has 6 nitrogen and oxygen atoms in total. The van der Waals surface area contributed by atoms with E-state index in [1.54, 1.807) is 12.1 Å². The van der Waals surface area contributed by atoms with E-state index in [0.29, 0.717) is 18.0 Å². The highest BCUT2D eigenvalue weighted by Gasteiger charge is 2.17. The van der Waals surface area contributed by atoms with Crippen LogP contribution in [0.3, 0.4) is 0 Å². The number of halogens is 1. The van der Waals surface area contributed by atoms with E-state index in [2.05, 4.69) is 10.6 Å². The molecule has 1 atom stereocenters. The van der Waals surface area contributed by atoms with Crippen LogP contribution in [0.4, 0.5) is 4.79 Å². The summed E-state index contributed by atoms with van der Waals surface area (Å²) in [6.45, 7) is -0.300. The summed E-state index contributed by atoms with van der Waals surface area (Å²) in [4.78, 5) is 21.9. The van der Waals surface area contributed by atoms with Crippen molar-refractivity contribution in [3.8, 4) is 0 Å². The Kier molecular flexibility index (Phi) is 6.11. The Labute approximate surface area is 115 Å². The van der Waals surface area contributed by atoms with Crippen LogP contribution < -0.4 is 10.6 Å². The number of urea groups is 1. The summed E-state index contributed by atoms with van der Waals surface area (Å²) in [5.41, 5.74) is 1.00. The van der Waals surface area contributed by atoms with E-state index in [-0.39, 0.29) is 0 Å². The maximum absolute atomic E-state index is 11.3. The van der Waals surface area contributed by atoms with Crippen LogP contribution in [-0.4, -0.2) is 41.4 Å². The van der Waals surface area contributed by atoms with E-state index in [9.17, 15) is 9.59 Å². The number of amides is 2. The quantitative estimate of drug-likeness (QED) is 0.616. The highest BCUT2D eigenvalue weighted by Crippen LogP contribution is 2.09. The number of aliphatic hydroxyl groups excluding tert-OH is 1. The molecule has 1 aromatic carbocycles. The maximum Gasteiger partial charge on any atom is 0.328 e. The fourth-order valence-corrected chi connectivity index (χ4v) is 1.49. The van der Waals surface area contributed by atoms with Gasteiger partial charge in [0.05, 0.1) is 6.61 Å². The molecule has 0 radical (unpaired) electrons. The standard InChI is InChI=1S/C12H15ClN2O4/c13-9-3-1-8(2-4-9)5-6-14-12(19)15-10(7-16)11(17)18/h1-4,10,16H,5-7H2,(H,17,18)(H2,14,15,19)/t10-/m0/s1. The van der Waals surface area contributed by atoms with Gasteiger partial charge in [0, 0.05) is 11.6 Å². The highest BCUT2D eigenvalue weighted by atomic mass is 35.5. The zero-order valence-electron chi connectivity index (χ0n) is 10.1. The van der Waals surface area contributed by atoms with E-state index < -0.39 is 24.6 Å². The number of aliphatic carboxylic acids is 1. The Bertz CT molecular complexity index is 436. The first kappa shape index (κ1) is 15.3. The van der Waals surface area contributed by atoms with Gasteiger partial charge in [0.15, 0.2) is 6.04 Å². The van der Waals surface area contributed by atoms with Crippen molar-refractivity contribution in [3.05, 3.63) is 34.9 Å². The second-order valence-corrected chi connectivity index (χ2v) is 4.29. The molecule has 0 spiro atoms. The van der Waals surface area contributed by atoms with Gasteiger partial charge in [-0.05, 0) is 24.1 Å². The van der Waals surface area contributed by atoms with Crippen molar-refractivity contribution in [2.24, 2.45) is 0 Å². The molecule has 0 fully saturated rings. The van der Waals surface area contributed by atoms with E-state index in [0.717, 1.165) is 5.56 Å². The molecule has 0 bridgehead atoms. The smallest absolute Gasteiger partial charge is 0.328 e. The first-order valence-corrected chi connectivity index (χ1v) is 6.03. The number of hydrogen-bond donors (Lipinski definition) is 4. The summed E-state index contributed by atoms with van der Waals surface area (Å²) in [5, 5.41) is 22.7. The van der Waals surface area contributed by atoms with E-state index in [1.165, 1.54) is 0 Å². The Morgan fingerprint density at radius 2 is 1.89 bits per heavy atom. The molecular weight excluding hydrogens is 272 g/mol. The van der Waals surface area contributed by atoms with Crippen molar-refractivity contribution in [1.29, 1.82) is 0 Å². The molecule has 104 valence electrons. The first-order valence-electron chi connectivity index (χ1n) is 5.65. The number of carbonyl (C=O) groups excluding carboxylic acids is 1. The number of aliphatic hydroxyl groups is 1. The lowest BCUT2D eigenvalue weighted by atomic mass is 10.1. The Balaban J connectivity index is 2.30. The lowest BCUT2D eigenvalue weighted by molar-refractivity contribution is -0.140. The van der Waals surface area contributed by atoms with E-state index in [4.69, 9.17) is 21.8 Å². The van der Waals surface area contributed by atoms with Gasteiger partial charge in [-0.1, -0.05) is 23.7 Å². The number of rotatable bonds is 6. The minimum Gasteiger partial charge on any atom is -0.480 e. The molecule has 0 aliphatic carbocycles. The average Bonchev–Trinajstić information content (AvgIpc) is 2.38. The lowest BCUT2D eigenvalue weighted by Gasteiger charge is -2.12. The molecule has 0 aliphatic heterocycles. The van der Waals surface area contributed by atoms with Gasteiger partial charge in [0.1, 0.15) is 0 Å². The van der Waals surface area contributed by atoms with Crippen LogP contribution in [0.5, 0.6) is 0 Å². The number of hydrogen-bond acceptors (Lipinski definition) is 3. The Morgan fingerprint density at radius 3 is 2.42 bits per heavy atom. The summed E-state index contributed by atoms with van der Waals surface area (Å²) in [6.07, 6.45) is 0.599. The highest BCUT2D eigenvalue weighted by molar-refractivity contribution is 6.30. The van der Waals surface area contributed by atoms with Gasteiger partial charge in [0.2, 0.25) is 0 Å². The van der Waals surface area contributed by atoms with Crippen molar-refractivity contribution in [1.82, 2.24) is 10.6 Å². The van der Waals surface area contributed by atoms with Gasteiger partial charge < -0.3 is 20.8 Å².